The van der Waals surface area contributed by atoms with Gasteiger partial charge in [0.15, 0.2) is 5.69 Å². The van der Waals surface area contributed by atoms with Crippen LogP contribution in [0, 0.1) is 10.1 Å². The topological polar surface area (TPSA) is 105 Å². The van der Waals surface area contributed by atoms with E-state index in [4.69, 9.17) is 9.26 Å². The maximum atomic E-state index is 12.1. The first-order valence-corrected chi connectivity index (χ1v) is 7.35. The first-order chi connectivity index (χ1) is 11.1. The van der Waals surface area contributed by atoms with Crippen molar-refractivity contribution in [2.75, 3.05) is 6.61 Å². The quantitative estimate of drug-likeness (QED) is 0.484. The van der Waals surface area contributed by atoms with Gasteiger partial charge >= 0.3 is 5.97 Å². The third-order valence-corrected chi connectivity index (χ3v) is 3.29. The molecule has 0 aliphatic heterocycles. The molecule has 0 unspecified atom stereocenters. The van der Waals surface area contributed by atoms with E-state index in [1.54, 1.807) is 6.92 Å². The summed E-state index contributed by atoms with van der Waals surface area (Å²) in [5.41, 5.74) is -1.38. The van der Waals surface area contributed by atoms with Crippen molar-refractivity contribution in [3.63, 3.8) is 0 Å². The van der Waals surface area contributed by atoms with Crippen LogP contribution in [-0.2, 0) is 10.2 Å². The lowest BCUT2D eigenvalue weighted by Crippen LogP contribution is -2.13. The molecule has 0 N–H and O–H groups in total. The van der Waals surface area contributed by atoms with Crippen LogP contribution in [0.2, 0.25) is 0 Å². The molecular weight excluding hydrogens is 316 g/mol. The summed E-state index contributed by atoms with van der Waals surface area (Å²) in [7, 11) is 0. The number of nitrogens with zero attached hydrogens (tertiary/aromatic N) is 2. The zero-order valence-corrected chi connectivity index (χ0v) is 13.9. The third kappa shape index (κ3) is 3.37. The molecule has 0 fully saturated rings. The maximum absolute atomic E-state index is 12.1. The third-order valence-electron chi connectivity index (χ3n) is 3.29. The summed E-state index contributed by atoms with van der Waals surface area (Å²) >= 11 is 0. The molecule has 0 radical (unpaired) electrons. The van der Waals surface area contributed by atoms with Gasteiger partial charge in [0, 0.05) is 17.5 Å². The minimum absolute atomic E-state index is 0.0305. The summed E-state index contributed by atoms with van der Waals surface area (Å²) in [6.45, 7) is 7.35. The minimum atomic E-state index is -0.677. The lowest BCUT2D eigenvalue weighted by Gasteiger charge is -2.13. The monoisotopic (exact) mass is 334 g/mol. The zero-order chi connectivity index (χ0) is 18.1. The van der Waals surface area contributed by atoms with Crippen LogP contribution >= 0.6 is 0 Å². The SMILES string of the molecule is CCOC(=O)c1ccc(-n2oc(C(C)(C)C)cc2=O)c([N+](=O)[O-])c1. The van der Waals surface area contributed by atoms with Crippen LogP contribution in [0.4, 0.5) is 5.69 Å². The van der Waals surface area contributed by atoms with Crippen LogP contribution in [0.25, 0.3) is 5.69 Å². The van der Waals surface area contributed by atoms with Gasteiger partial charge in [-0.1, -0.05) is 20.8 Å². The second-order valence-corrected chi connectivity index (χ2v) is 6.16. The van der Waals surface area contributed by atoms with E-state index in [9.17, 15) is 19.7 Å². The lowest BCUT2D eigenvalue weighted by atomic mass is 9.94. The number of aromatic nitrogens is 1. The molecule has 1 aromatic carbocycles. The molecule has 0 saturated carbocycles. The molecule has 1 aromatic heterocycles. The number of rotatable bonds is 4. The number of benzene rings is 1. The van der Waals surface area contributed by atoms with E-state index in [0.717, 1.165) is 10.8 Å². The average Bonchev–Trinajstić information content (AvgIpc) is 2.88. The number of carbonyl (C=O) groups excluding carboxylic acids is 1. The van der Waals surface area contributed by atoms with Crippen molar-refractivity contribution in [3.8, 4) is 5.69 Å². The fourth-order valence-corrected chi connectivity index (χ4v) is 2.04. The molecule has 2 aromatic rings. The summed E-state index contributed by atoms with van der Waals surface area (Å²) in [6, 6.07) is 5.01. The van der Waals surface area contributed by atoms with Crippen LogP contribution in [0.5, 0.6) is 0 Å². The van der Waals surface area contributed by atoms with Crippen molar-refractivity contribution >= 4 is 11.7 Å². The average molecular weight is 334 g/mol. The summed E-state index contributed by atoms with van der Waals surface area (Å²) < 4.78 is 11.2. The Morgan fingerprint density at radius 1 is 1.33 bits per heavy atom. The van der Waals surface area contributed by atoms with E-state index in [1.807, 2.05) is 20.8 Å². The lowest BCUT2D eigenvalue weighted by molar-refractivity contribution is -0.384. The molecule has 0 aliphatic rings. The Labute approximate surface area is 137 Å². The van der Waals surface area contributed by atoms with Gasteiger partial charge in [-0.2, -0.15) is 0 Å². The number of hydrogen-bond acceptors (Lipinski definition) is 6. The highest BCUT2D eigenvalue weighted by atomic mass is 16.6. The van der Waals surface area contributed by atoms with Gasteiger partial charge in [0.05, 0.1) is 17.1 Å². The molecule has 0 amide bonds. The number of ether oxygens (including phenoxy) is 1. The summed E-state index contributed by atoms with van der Waals surface area (Å²) in [5.74, 6) is -0.273. The number of nitro groups is 1. The molecule has 0 bridgehead atoms. The molecule has 24 heavy (non-hydrogen) atoms. The van der Waals surface area contributed by atoms with Crippen molar-refractivity contribution in [1.29, 1.82) is 0 Å². The Balaban J connectivity index is 2.59. The molecule has 8 heteroatoms. The number of nitro benzene ring substituents is 1. The Hall–Kier alpha value is -2.90. The molecule has 8 nitrogen and oxygen atoms in total. The second-order valence-electron chi connectivity index (χ2n) is 6.16. The van der Waals surface area contributed by atoms with Crippen LogP contribution in [0.3, 0.4) is 0 Å². The van der Waals surface area contributed by atoms with Gasteiger partial charge in [-0.05, 0) is 19.1 Å². The van der Waals surface area contributed by atoms with Crippen molar-refractivity contribution < 1.29 is 19.0 Å². The largest absolute Gasteiger partial charge is 0.462 e. The van der Waals surface area contributed by atoms with Gasteiger partial charge in [0.25, 0.3) is 11.2 Å². The Morgan fingerprint density at radius 3 is 2.50 bits per heavy atom. The van der Waals surface area contributed by atoms with Crippen LogP contribution < -0.4 is 5.56 Å². The van der Waals surface area contributed by atoms with Crippen molar-refractivity contribution in [1.82, 2.24) is 4.74 Å². The van der Waals surface area contributed by atoms with E-state index < -0.39 is 27.6 Å². The highest BCUT2D eigenvalue weighted by Gasteiger charge is 2.25. The highest BCUT2D eigenvalue weighted by molar-refractivity contribution is 5.90. The molecule has 1 heterocycles. The van der Waals surface area contributed by atoms with Gasteiger partial charge in [0.1, 0.15) is 5.76 Å². The fraction of sp³-hybridized carbons (Fsp3) is 0.375. The fourth-order valence-electron chi connectivity index (χ4n) is 2.04. The number of hydrogen-bond donors (Lipinski definition) is 0. The predicted octanol–water partition coefficient (Wildman–Crippen LogP) is 2.81. The molecule has 0 aliphatic carbocycles. The van der Waals surface area contributed by atoms with Gasteiger partial charge in [-0.25, -0.2) is 4.79 Å². The Morgan fingerprint density at radius 2 is 2.00 bits per heavy atom. The molecule has 128 valence electrons. The van der Waals surface area contributed by atoms with E-state index in [0.29, 0.717) is 5.76 Å². The standard InChI is InChI=1S/C16H18N2O6/c1-5-23-15(20)10-6-7-11(12(8-10)18(21)22)17-14(19)9-13(24-17)16(2,3)4/h6-9H,5H2,1-4H3. The van der Waals surface area contributed by atoms with Gasteiger partial charge in [-0.15, -0.1) is 4.74 Å². The maximum Gasteiger partial charge on any atom is 0.338 e. The van der Waals surface area contributed by atoms with Gasteiger partial charge in [-0.3, -0.25) is 14.9 Å². The first kappa shape index (κ1) is 17.5. The van der Waals surface area contributed by atoms with E-state index in [2.05, 4.69) is 0 Å². The van der Waals surface area contributed by atoms with E-state index in [1.165, 1.54) is 18.2 Å². The molecule has 0 atom stereocenters. The molecule has 0 spiro atoms. The van der Waals surface area contributed by atoms with E-state index >= 15 is 0 Å². The number of esters is 1. The minimum Gasteiger partial charge on any atom is -0.462 e. The summed E-state index contributed by atoms with van der Waals surface area (Å²) in [6.07, 6.45) is 0. The normalized spacial score (nSPS) is 11.3. The summed E-state index contributed by atoms with van der Waals surface area (Å²) in [5, 5.41) is 11.3. The molecule has 2 rings (SSSR count). The zero-order valence-electron chi connectivity index (χ0n) is 13.9. The van der Waals surface area contributed by atoms with Gasteiger partial charge in [0.2, 0.25) is 0 Å². The van der Waals surface area contributed by atoms with E-state index in [-0.39, 0.29) is 17.9 Å². The van der Waals surface area contributed by atoms with Crippen molar-refractivity contribution in [2.24, 2.45) is 0 Å². The Bertz CT molecular complexity index is 841. The van der Waals surface area contributed by atoms with Crippen molar-refractivity contribution in [3.05, 3.63) is 56.1 Å². The Kier molecular flexibility index (Phi) is 4.59. The predicted molar refractivity (Wildman–Crippen MR) is 85.6 cm³/mol. The van der Waals surface area contributed by atoms with Crippen LogP contribution in [-0.4, -0.2) is 22.2 Å². The van der Waals surface area contributed by atoms with Crippen LogP contribution in [0.1, 0.15) is 43.8 Å². The molecule has 0 saturated heterocycles. The molecular formula is C16H18N2O6. The van der Waals surface area contributed by atoms with Crippen molar-refractivity contribution in [2.45, 2.75) is 33.1 Å². The number of carbonyl (C=O) groups is 1. The second kappa shape index (κ2) is 6.31. The summed E-state index contributed by atoms with van der Waals surface area (Å²) in [4.78, 5) is 34.5. The first-order valence-electron chi connectivity index (χ1n) is 7.35. The van der Waals surface area contributed by atoms with Gasteiger partial charge < -0.3 is 9.26 Å². The smallest absolute Gasteiger partial charge is 0.338 e. The van der Waals surface area contributed by atoms with Crippen LogP contribution in [0.15, 0.2) is 33.6 Å². The highest BCUT2D eigenvalue weighted by Crippen LogP contribution is 2.27.